The molecule has 4 heteroatoms. The zero-order chi connectivity index (χ0) is 19.7. The van der Waals surface area contributed by atoms with Crippen LogP contribution in [0, 0.1) is 11.8 Å². The fraction of sp³-hybridized carbons (Fsp3) is 0.667. The minimum Gasteiger partial charge on any atom is -0.309 e. The van der Waals surface area contributed by atoms with Gasteiger partial charge in [-0.2, -0.15) is 0 Å². The maximum atomic E-state index is 12.9. The van der Waals surface area contributed by atoms with Gasteiger partial charge in [-0.15, -0.1) is 0 Å². The van der Waals surface area contributed by atoms with E-state index in [-0.39, 0.29) is 24.2 Å². The Hall–Kier alpha value is -1.68. The average molecular weight is 383 g/mol. The number of carbonyl (C=O) groups excluding carboxylic acids is 2. The number of carbonyl (C=O) groups is 2. The second kappa shape index (κ2) is 8.36. The van der Waals surface area contributed by atoms with E-state index >= 15 is 0 Å². The molecule has 28 heavy (non-hydrogen) atoms. The van der Waals surface area contributed by atoms with Crippen LogP contribution in [-0.4, -0.2) is 41.8 Å². The highest BCUT2D eigenvalue weighted by Crippen LogP contribution is 2.35. The molecule has 0 unspecified atom stereocenters. The predicted octanol–water partition coefficient (Wildman–Crippen LogP) is 4.21. The molecule has 2 aliphatic heterocycles. The smallest absolute Gasteiger partial charge is 0.234 e. The summed E-state index contributed by atoms with van der Waals surface area (Å²) in [6, 6.07) is 8.92. The molecule has 0 N–H and O–H groups in total. The van der Waals surface area contributed by atoms with Gasteiger partial charge in [-0.05, 0) is 62.0 Å². The van der Waals surface area contributed by atoms with Crippen LogP contribution in [0.1, 0.15) is 64.4 Å². The molecule has 2 heterocycles. The van der Waals surface area contributed by atoms with Gasteiger partial charge in [0.25, 0.3) is 0 Å². The SMILES string of the molecule is CC(C)C1CCC(N2CCC(N3C(=O)CC(=O)Cc4ccccc43)CC2)CC1. The predicted molar refractivity (Wildman–Crippen MR) is 112 cm³/mol. The van der Waals surface area contributed by atoms with E-state index in [1.165, 1.54) is 25.7 Å². The van der Waals surface area contributed by atoms with Crippen LogP contribution in [0.4, 0.5) is 5.69 Å². The Morgan fingerprint density at radius 1 is 0.857 bits per heavy atom. The van der Waals surface area contributed by atoms with Crippen LogP contribution in [0.25, 0.3) is 0 Å². The van der Waals surface area contributed by atoms with Gasteiger partial charge in [0.15, 0.2) is 0 Å². The number of nitrogens with zero attached hydrogens (tertiary/aromatic N) is 2. The Morgan fingerprint density at radius 3 is 2.21 bits per heavy atom. The van der Waals surface area contributed by atoms with Crippen molar-refractivity contribution in [1.29, 1.82) is 0 Å². The second-order valence-corrected chi connectivity index (χ2v) is 9.36. The Kier molecular flexibility index (Phi) is 5.86. The summed E-state index contributed by atoms with van der Waals surface area (Å²) in [6.45, 7) is 6.86. The van der Waals surface area contributed by atoms with Crippen LogP contribution in [0.2, 0.25) is 0 Å². The zero-order valence-corrected chi connectivity index (χ0v) is 17.4. The van der Waals surface area contributed by atoms with Gasteiger partial charge in [-0.1, -0.05) is 32.0 Å². The summed E-state index contributed by atoms with van der Waals surface area (Å²) in [4.78, 5) is 29.7. The number of likely N-dealkylation sites (tertiary alicyclic amines) is 1. The van der Waals surface area contributed by atoms with Crippen molar-refractivity contribution >= 4 is 17.4 Å². The quantitative estimate of drug-likeness (QED) is 0.735. The number of anilines is 1. The molecule has 0 radical (unpaired) electrons. The molecular weight excluding hydrogens is 348 g/mol. The van der Waals surface area contributed by atoms with Gasteiger partial charge in [-0.25, -0.2) is 0 Å². The van der Waals surface area contributed by atoms with Gasteiger partial charge in [0.1, 0.15) is 5.78 Å². The molecule has 152 valence electrons. The van der Waals surface area contributed by atoms with Gasteiger partial charge < -0.3 is 9.80 Å². The van der Waals surface area contributed by atoms with Crippen LogP contribution in [0.5, 0.6) is 0 Å². The van der Waals surface area contributed by atoms with E-state index < -0.39 is 0 Å². The Bertz CT molecular complexity index is 713. The molecular formula is C24H34N2O2. The Labute approximate surface area is 169 Å². The van der Waals surface area contributed by atoms with Crippen LogP contribution in [0.3, 0.4) is 0 Å². The lowest BCUT2D eigenvalue weighted by Crippen LogP contribution is -2.50. The van der Waals surface area contributed by atoms with Crippen molar-refractivity contribution in [2.45, 2.75) is 77.3 Å². The third kappa shape index (κ3) is 4.03. The molecule has 0 atom stereocenters. The van der Waals surface area contributed by atoms with Crippen molar-refractivity contribution in [1.82, 2.24) is 4.90 Å². The van der Waals surface area contributed by atoms with E-state index in [0.29, 0.717) is 6.42 Å². The monoisotopic (exact) mass is 382 g/mol. The van der Waals surface area contributed by atoms with Gasteiger partial charge >= 0.3 is 0 Å². The largest absolute Gasteiger partial charge is 0.309 e. The molecule has 4 nitrogen and oxygen atoms in total. The topological polar surface area (TPSA) is 40.6 Å². The lowest BCUT2D eigenvalue weighted by Gasteiger charge is -2.44. The summed E-state index contributed by atoms with van der Waals surface area (Å²) >= 11 is 0. The van der Waals surface area contributed by atoms with E-state index in [9.17, 15) is 9.59 Å². The third-order valence-corrected chi connectivity index (χ3v) is 7.32. The number of piperidine rings is 1. The number of hydrogen-bond acceptors (Lipinski definition) is 3. The summed E-state index contributed by atoms with van der Waals surface area (Å²) < 4.78 is 0. The fourth-order valence-electron chi connectivity index (χ4n) is 5.60. The summed E-state index contributed by atoms with van der Waals surface area (Å²) in [7, 11) is 0. The van der Waals surface area contributed by atoms with E-state index in [2.05, 4.69) is 18.7 Å². The lowest BCUT2D eigenvalue weighted by molar-refractivity contribution is -0.126. The maximum absolute atomic E-state index is 12.9. The van der Waals surface area contributed by atoms with E-state index in [0.717, 1.165) is 55.1 Å². The van der Waals surface area contributed by atoms with Crippen molar-refractivity contribution in [3.05, 3.63) is 29.8 Å². The molecule has 0 bridgehead atoms. The molecule has 1 saturated heterocycles. The average Bonchev–Trinajstić information content (AvgIpc) is 2.82. The minimum atomic E-state index is -0.00848. The molecule has 1 amide bonds. The number of ketones is 1. The van der Waals surface area contributed by atoms with Crippen molar-refractivity contribution in [2.75, 3.05) is 18.0 Å². The number of para-hydroxylation sites is 1. The van der Waals surface area contributed by atoms with Crippen molar-refractivity contribution in [3.63, 3.8) is 0 Å². The number of rotatable bonds is 3. The second-order valence-electron chi connectivity index (χ2n) is 9.36. The first-order chi connectivity index (χ1) is 13.5. The van der Waals surface area contributed by atoms with E-state index in [1.807, 2.05) is 29.2 Å². The molecule has 1 aliphatic carbocycles. The van der Waals surface area contributed by atoms with Crippen molar-refractivity contribution < 1.29 is 9.59 Å². The zero-order valence-electron chi connectivity index (χ0n) is 17.4. The normalized spacial score (nSPS) is 27.8. The fourth-order valence-corrected chi connectivity index (χ4v) is 5.60. The summed E-state index contributed by atoms with van der Waals surface area (Å²) in [5, 5.41) is 0. The van der Waals surface area contributed by atoms with Crippen LogP contribution in [-0.2, 0) is 16.0 Å². The molecule has 1 saturated carbocycles. The van der Waals surface area contributed by atoms with E-state index in [1.54, 1.807) is 0 Å². The molecule has 1 aromatic carbocycles. The first-order valence-corrected chi connectivity index (χ1v) is 11.2. The van der Waals surface area contributed by atoms with Gasteiger partial charge in [0.2, 0.25) is 5.91 Å². The van der Waals surface area contributed by atoms with Gasteiger partial charge in [0.05, 0.1) is 6.42 Å². The lowest BCUT2D eigenvalue weighted by atomic mass is 9.79. The maximum Gasteiger partial charge on any atom is 0.234 e. The highest BCUT2D eigenvalue weighted by Gasteiger charge is 2.35. The van der Waals surface area contributed by atoms with Gasteiger partial charge in [-0.3, -0.25) is 9.59 Å². The van der Waals surface area contributed by atoms with Crippen molar-refractivity contribution in [2.24, 2.45) is 11.8 Å². The summed E-state index contributed by atoms with van der Waals surface area (Å²) in [5.74, 6) is 1.74. The first kappa shape index (κ1) is 19.6. The molecule has 0 aromatic heterocycles. The number of fused-ring (bicyclic) bond motifs is 1. The number of amides is 1. The Balaban J connectivity index is 1.41. The molecule has 2 fully saturated rings. The summed E-state index contributed by atoms with van der Waals surface area (Å²) in [5.41, 5.74) is 1.97. The minimum absolute atomic E-state index is 0.00848. The number of benzene rings is 1. The van der Waals surface area contributed by atoms with Crippen LogP contribution >= 0.6 is 0 Å². The highest BCUT2D eigenvalue weighted by molar-refractivity contribution is 6.09. The molecule has 1 aromatic rings. The first-order valence-electron chi connectivity index (χ1n) is 11.2. The van der Waals surface area contributed by atoms with Gasteiger partial charge in [0, 0.05) is 37.3 Å². The van der Waals surface area contributed by atoms with Crippen LogP contribution in [0.15, 0.2) is 24.3 Å². The summed E-state index contributed by atoms with van der Waals surface area (Å²) in [6.07, 6.45) is 7.84. The molecule has 0 spiro atoms. The molecule has 4 rings (SSSR count). The number of Topliss-reactive ketones (excluding diaryl/α,β-unsaturated/α-hetero) is 1. The molecule has 3 aliphatic rings. The Morgan fingerprint density at radius 2 is 1.54 bits per heavy atom. The van der Waals surface area contributed by atoms with Crippen molar-refractivity contribution in [3.8, 4) is 0 Å². The highest BCUT2D eigenvalue weighted by atomic mass is 16.2. The van der Waals surface area contributed by atoms with E-state index in [4.69, 9.17) is 0 Å². The van der Waals surface area contributed by atoms with Crippen LogP contribution < -0.4 is 4.90 Å². The number of hydrogen-bond donors (Lipinski definition) is 0. The standard InChI is InChI=1S/C24H34N2O2/c1-17(2)18-7-9-20(10-8-18)25-13-11-21(12-14-25)26-23-6-4-3-5-19(23)15-22(27)16-24(26)28/h3-6,17-18,20-21H,7-16H2,1-2H3. The third-order valence-electron chi connectivity index (χ3n) is 7.32.